The average Bonchev–Trinajstić information content (AvgIpc) is 3.80. The van der Waals surface area contributed by atoms with Gasteiger partial charge in [0.1, 0.15) is 11.7 Å². The lowest BCUT2D eigenvalue weighted by atomic mass is 9.90. The van der Waals surface area contributed by atoms with Gasteiger partial charge in [0.05, 0.1) is 6.04 Å². The minimum atomic E-state index is -0.695. The van der Waals surface area contributed by atoms with E-state index in [2.05, 4.69) is 80.1 Å². The predicted molar refractivity (Wildman–Crippen MR) is 330 cm³/mol. The summed E-state index contributed by atoms with van der Waals surface area (Å²) >= 11 is 11.9. The molecule has 2 aliphatic heterocycles. The fourth-order valence-electron chi connectivity index (χ4n) is 10.4. The largest absolute Gasteiger partial charge is 0.355 e. The summed E-state index contributed by atoms with van der Waals surface area (Å²) in [5.41, 5.74) is 12.7. The van der Waals surface area contributed by atoms with E-state index in [0.717, 1.165) is 28.7 Å². The second kappa shape index (κ2) is 32.0. The zero-order valence-corrected chi connectivity index (χ0v) is 48.0. The van der Waals surface area contributed by atoms with E-state index in [4.69, 9.17) is 28.9 Å². The topological polar surface area (TPSA) is 191 Å². The van der Waals surface area contributed by atoms with Crippen molar-refractivity contribution >= 4 is 58.8 Å². The number of nitrogens with two attached hydrogens (primary N) is 1. The maximum absolute atomic E-state index is 14.0. The molecule has 7 N–H and O–H groups in total. The number of hydrogen-bond donors (Lipinski definition) is 6. The van der Waals surface area contributed by atoms with Gasteiger partial charge in [-0.05, 0) is 108 Å². The van der Waals surface area contributed by atoms with E-state index in [1.165, 1.54) is 17.2 Å². The van der Waals surface area contributed by atoms with Crippen LogP contribution in [0.25, 0.3) is 6.08 Å². The number of amides is 5. The van der Waals surface area contributed by atoms with Crippen molar-refractivity contribution in [3.05, 3.63) is 249 Å². The first-order chi connectivity index (χ1) is 40.5. The number of carbonyl (C=O) groups excluding carboxylic acids is 5. The molecule has 0 bridgehead atoms. The molecule has 14 nitrogen and oxygen atoms in total. The summed E-state index contributed by atoms with van der Waals surface area (Å²) < 4.78 is 0. The van der Waals surface area contributed by atoms with Crippen LogP contribution in [0.3, 0.4) is 0 Å². The molecule has 9 rings (SSSR count). The van der Waals surface area contributed by atoms with Gasteiger partial charge in [-0.1, -0.05) is 175 Å². The predicted octanol–water partition coefficient (Wildman–Crippen LogP) is 8.81. The highest BCUT2D eigenvalue weighted by atomic mass is 35.5. The smallest absolute Gasteiger partial charge is 0.269 e. The van der Waals surface area contributed by atoms with E-state index in [1.54, 1.807) is 42.6 Å². The standard InChI is InChI=1S/C36H36ClN5O3.C31H37ClN4O2/c37-29-17-14-26(15-18-29)16-19-34(43)39-23-30-20-22-42(25-31(27-9-3-1-4-10-27)28-11-5-2-6-12-28)36(45)33(41-30)24-40-35(44)32-13-7-8-21-38-32;32-26-14-11-23(12-15-26)13-16-30(37)34-21-27-18-20-36(31(38)29(35-27)17-19-33)22-28(24-7-3-1-4-8-24)25-9-5-2-6-10-25/h1-19,21,30-31,33,41H,20,22-25H2,(H,39,43)(H,40,44);1-12,14-15,27-29,35H,13,16-22,33H2,(H,34,37)/b19-16+;/t30-,33-;27-,29-/m00/s1. The number of aryl methyl sites for hydroxylation is 1. The Morgan fingerprint density at radius 2 is 1.05 bits per heavy atom. The summed E-state index contributed by atoms with van der Waals surface area (Å²) in [5, 5.41) is 17.1. The van der Waals surface area contributed by atoms with Gasteiger partial charge in [-0.2, -0.15) is 0 Å². The van der Waals surface area contributed by atoms with Gasteiger partial charge in [-0.15, -0.1) is 0 Å². The van der Waals surface area contributed by atoms with E-state index < -0.39 is 6.04 Å². The van der Waals surface area contributed by atoms with Crippen molar-refractivity contribution in [1.82, 2.24) is 41.4 Å². The molecule has 2 aliphatic rings. The van der Waals surface area contributed by atoms with Crippen LogP contribution >= 0.6 is 23.2 Å². The first kappa shape index (κ1) is 61.1. The molecule has 2 saturated heterocycles. The second-order valence-electron chi connectivity index (χ2n) is 20.8. The number of nitrogens with zero attached hydrogens (tertiary/aromatic N) is 3. The normalized spacial score (nSPS) is 17.3. The van der Waals surface area contributed by atoms with Crippen LogP contribution in [-0.4, -0.2) is 121 Å². The van der Waals surface area contributed by atoms with Gasteiger partial charge in [0, 0.05) is 98.5 Å². The third-order valence-corrected chi connectivity index (χ3v) is 15.4. The number of carbonyl (C=O) groups is 5. The third-order valence-electron chi connectivity index (χ3n) is 14.9. The van der Waals surface area contributed by atoms with Crippen LogP contribution in [0.2, 0.25) is 10.0 Å². The van der Waals surface area contributed by atoms with Crippen molar-refractivity contribution in [2.24, 2.45) is 5.73 Å². The summed E-state index contributed by atoms with van der Waals surface area (Å²) in [4.78, 5) is 73.6. The van der Waals surface area contributed by atoms with Crippen molar-refractivity contribution in [1.29, 1.82) is 0 Å². The molecule has 5 amide bonds. The molecule has 6 aromatic carbocycles. The van der Waals surface area contributed by atoms with Crippen molar-refractivity contribution in [3.63, 3.8) is 0 Å². The molecule has 16 heteroatoms. The molecule has 4 atom stereocenters. The molecule has 7 aromatic rings. The Kier molecular flexibility index (Phi) is 23.6. The van der Waals surface area contributed by atoms with Crippen LogP contribution in [0.15, 0.2) is 200 Å². The van der Waals surface area contributed by atoms with Gasteiger partial charge < -0.3 is 36.8 Å². The van der Waals surface area contributed by atoms with Crippen LogP contribution in [0, 0.1) is 0 Å². The molecule has 0 unspecified atom stereocenters. The van der Waals surface area contributed by atoms with Gasteiger partial charge in [0.15, 0.2) is 0 Å². The van der Waals surface area contributed by atoms with Crippen LogP contribution in [0.4, 0.5) is 0 Å². The Hall–Kier alpha value is -7.98. The number of pyridine rings is 1. The maximum Gasteiger partial charge on any atom is 0.269 e. The van der Waals surface area contributed by atoms with E-state index in [1.807, 2.05) is 119 Å². The Balaban J connectivity index is 0.000000220. The number of hydrogen-bond acceptors (Lipinski definition) is 9. The molecule has 430 valence electrons. The monoisotopic (exact) mass is 1150 g/mol. The molecule has 1 aromatic heterocycles. The fraction of sp³-hybridized carbons (Fsp3) is 0.284. The van der Waals surface area contributed by atoms with Crippen molar-refractivity contribution in [2.75, 3.05) is 52.4 Å². The molecule has 0 spiro atoms. The quantitative estimate of drug-likeness (QED) is 0.0360. The minimum Gasteiger partial charge on any atom is -0.355 e. The summed E-state index contributed by atoms with van der Waals surface area (Å²) in [6.45, 7) is 3.46. The van der Waals surface area contributed by atoms with Gasteiger partial charge in [0.2, 0.25) is 23.6 Å². The fourth-order valence-corrected chi connectivity index (χ4v) is 10.7. The Labute approximate surface area is 497 Å². The molecule has 0 radical (unpaired) electrons. The van der Waals surface area contributed by atoms with E-state index in [-0.39, 0.29) is 71.7 Å². The van der Waals surface area contributed by atoms with E-state index in [0.29, 0.717) is 81.5 Å². The summed E-state index contributed by atoms with van der Waals surface area (Å²) in [6.07, 6.45) is 7.74. The molecule has 0 saturated carbocycles. The molecule has 3 heterocycles. The summed E-state index contributed by atoms with van der Waals surface area (Å²) in [7, 11) is 0. The summed E-state index contributed by atoms with van der Waals surface area (Å²) in [5.74, 6) is -0.596. The zero-order chi connectivity index (χ0) is 58.2. The van der Waals surface area contributed by atoms with Crippen molar-refractivity contribution < 1.29 is 24.0 Å². The van der Waals surface area contributed by atoms with Crippen molar-refractivity contribution in [2.45, 2.75) is 68.1 Å². The van der Waals surface area contributed by atoms with Gasteiger partial charge in [-0.25, -0.2) is 0 Å². The minimum absolute atomic E-state index is 0.00206. The van der Waals surface area contributed by atoms with Gasteiger partial charge in [-0.3, -0.25) is 34.3 Å². The number of rotatable bonds is 22. The highest BCUT2D eigenvalue weighted by Gasteiger charge is 2.35. The maximum atomic E-state index is 14.0. The lowest BCUT2D eigenvalue weighted by molar-refractivity contribution is -0.133. The third kappa shape index (κ3) is 19.0. The molecule has 2 fully saturated rings. The molecule has 0 aliphatic carbocycles. The Morgan fingerprint density at radius 3 is 1.54 bits per heavy atom. The SMILES string of the molecule is NCC[C@@H]1N[C@H](CNC(=O)CCc2ccc(Cl)cc2)CCN(CC(c2ccccc2)c2ccccc2)C1=O.O=C(/C=C/c1ccc(Cl)cc1)NC[C@@H]1CCN(CC(c2ccccc2)c2ccccc2)C(=O)[C@H](CNC(=O)c2ccccn2)N1. The Morgan fingerprint density at radius 1 is 0.578 bits per heavy atom. The van der Waals surface area contributed by atoms with Crippen LogP contribution in [-0.2, 0) is 25.6 Å². The number of halogens is 2. The first-order valence-corrected chi connectivity index (χ1v) is 29.2. The highest BCUT2D eigenvalue weighted by Crippen LogP contribution is 2.29. The van der Waals surface area contributed by atoms with Crippen LogP contribution in [0.5, 0.6) is 0 Å². The van der Waals surface area contributed by atoms with E-state index in [9.17, 15) is 24.0 Å². The van der Waals surface area contributed by atoms with Gasteiger partial charge >= 0.3 is 0 Å². The van der Waals surface area contributed by atoms with Crippen molar-refractivity contribution in [3.8, 4) is 0 Å². The lowest BCUT2D eigenvalue weighted by Gasteiger charge is -2.29. The number of aromatic nitrogens is 1. The van der Waals surface area contributed by atoms with Crippen LogP contribution in [0.1, 0.15) is 81.4 Å². The number of nitrogens with one attached hydrogen (secondary N) is 5. The summed E-state index contributed by atoms with van der Waals surface area (Å²) in [6, 6.07) is 59.6. The van der Waals surface area contributed by atoms with E-state index >= 15 is 0 Å². The Bertz CT molecular complexity index is 3090. The highest BCUT2D eigenvalue weighted by molar-refractivity contribution is 6.30. The molecule has 83 heavy (non-hydrogen) atoms. The number of benzene rings is 6. The zero-order valence-electron chi connectivity index (χ0n) is 46.5. The lowest BCUT2D eigenvalue weighted by Crippen LogP contribution is -2.54. The molecular formula is C67H73Cl2N9O5. The first-order valence-electron chi connectivity index (χ1n) is 28.4. The molecular weight excluding hydrogens is 1080 g/mol. The van der Waals surface area contributed by atoms with Gasteiger partial charge in [0.25, 0.3) is 5.91 Å². The van der Waals surface area contributed by atoms with Crippen LogP contribution < -0.4 is 32.3 Å². The second-order valence-corrected chi connectivity index (χ2v) is 21.7. The average molecular weight is 1160 g/mol.